The maximum atomic E-state index is 12.8. The summed E-state index contributed by atoms with van der Waals surface area (Å²) in [7, 11) is -3.54. The molecule has 8 nitrogen and oxygen atoms in total. The van der Waals surface area contributed by atoms with Crippen LogP contribution in [-0.2, 0) is 14.8 Å². The topological polar surface area (TPSA) is 104 Å². The SMILES string of the molecule is Cc1sc2ncnc(N[C@H](C)C(=O)Nc3cccc(S(=O)(=O)N4CCCC4)c3)c2c1C. The highest BCUT2D eigenvalue weighted by Gasteiger charge is 2.27. The van der Waals surface area contributed by atoms with Crippen molar-refractivity contribution in [3.63, 3.8) is 0 Å². The fraction of sp³-hybridized carbons (Fsp3) is 0.381. The Bertz CT molecular complexity index is 1230. The number of anilines is 2. The van der Waals surface area contributed by atoms with Gasteiger partial charge >= 0.3 is 0 Å². The van der Waals surface area contributed by atoms with Gasteiger partial charge in [0, 0.05) is 23.7 Å². The smallest absolute Gasteiger partial charge is 0.246 e. The largest absolute Gasteiger partial charge is 0.358 e. The third-order valence-electron chi connectivity index (χ3n) is 5.52. The van der Waals surface area contributed by atoms with Gasteiger partial charge in [-0.2, -0.15) is 4.31 Å². The molecule has 0 unspecified atom stereocenters. The van der Waals surface area contributed by atoms with E-state index >= 15 is 0 Å². The van der Waals surface area contributed by atoms with Crippen LogP contribution >= 0.6 is 11.3 Å². The minimum atomic E-state index is -3.54. The van der Waals surface area contributed by atoms with Crippen molar-refractivity contribution in [3.8, 4) is 0 Å². The Morgan fingerprint density at radius 2 is 1.94 bits per heavy atom. The molecule has 31 heavy (non-hydrogen) atoms. The molecule has 0 bridgehead atoms. The molecule has 1 fully saturated rings. The highest BCUT2D eigenvalue weighted by molar-refractivity contribution is 7.89. The van der Waals surface area contributed by atoms with Gasteiger partial charge in [0.15, 0.2) is 0 Å². The average molecular weight is 460 g/mol. The zero-order valence-corrected chi connectivity index (χ0v) is 19.3. The first-order valence-corrected chi connectivity index (χ1v) is 12.4. The third-order valence-corrected chi connectivity index (χ3v) is 8.53. The summed E-state index contributed by atoms with van der Waals surface area (Å²) >= 11 is 1.59. The first kappa shape index (κ1) is 21.7. The molecule has 1 saturated heterocycles. The van der Waals surface area contributed by atoms with Gasteiger partial charge in [0.2, 0.25) is 15.9 Å². The Labute approximate surface area is 185 Å². The number of rotatable bonds is 6. The van der Waals surface area contributed by atoms with E-state index in [1.807, 2.05) is 13.8 Å². The number of nitrogens with zero attached hydrogens (tertiary/aromatic N) is 3. The van der Waals surface area contributed by atoms with E-state index in [2.05, 4.69) is 20.6 Å². The Balaban J connectivity index is 1.50. The van der Waals surface area contributed by atoms with Gasteiger partial charge < -0.3 is 10.6 Å². The lowest BCUT2D eigenvalue weighted by atomic mass is 10.2. The molecular formula is C21H25N5O3S2. The van der Waals surface area contributed by atoms with Crippen LogP contribution in [0, 0.1) is 13.8 Å². The number of nitrogens with one attached hydrogen (secondary N) is 2. The monoisotopic (exact) mass is 459 g/mol. The summed E-state index contributed by atoms with van der Waals surface area (Å²) in [5.41, 5.74) is 1.53. The number of aromatic nitrogens is 2. The van der Waals surface area contributed by atoms with Crippen molar-refractivity contribution in [3.05, 3.63) is 41.0 Å². The lowest BCUT2D eigenvalue weighted by Gasteiger charge is -2.17. The fourth-order valence-corrected chi connectivity index (χ4v) is 6.19. The van der Waals surface area contributed by atoms with E-state index < -0.39 is 16.1 Å². The van der Waals surface area contributed by atoms with E-state index in [-0.39, 0.29) is 10.8 Å². The maximum Gasteiger partial charge on any atom is 0.246 e. The van der Waals surface area contributed by atoms with Crippen LogP contribution in [0.1, 0.15) is 30.2 Å². The molecule has 2 aromatic heterocycles. The molecule has 3 heterocycles. The van der Waals surface area contributed by atoms with Crippen molar-refractivity contribution in [2.24, 2.45) is 0 Å². The first-order valence-electron chi connectivity index (χ1n) is 10.2. The zero-order valence-electron chi connectivity index (χ0n) is 17.7. The zero-order chi connectivity index (χ0) is 22.2. The maximum absolute atomic E-state index is 12.8. The second kappa shape index (κ2) is 8.52. The van der Waals surface area contributed by atoms with E-state index in [1.54, 1.807) is 36.5 Å². The lowest BCUT2D eigenvalue weighted by molar-refractivity contribution is -0.116. The molecule has 1 atom stereocenters. The van der Waals surface area contributed by atoms with Crippen molar-refractivity contribution >= 4 is 49.0 Å². The van der Waals surface area contributed by atoms with E-state index in [4.69, 9.17) is 0 Å². The van der Waals surface area contributed by atoms with Crippen LogP contribution in [0.3, 0.4) is 0 Å². The number of fused-ring (bicyclic) bond motifs is 1. The highest BCUT2D eigenvalue weighted by atomic mass is 32.2. The third kappa shape index (κ3) is 4.28. The first-order chi connectivity index (χ1) is 14.8. The van der Waals surface area contributed by atoms with Crippen LogP contribution in [0.2, 0.25) is 0 Å². The minimum absolute atomic E-state index is 0.190. The molecule has 1 aromatic carbocycles. The number of sulfonamides is 1. The van der Waals surface area contributed by atoms with Crippen molar-refractivity contribution < 1.29 is 13.2 Å². The van der Waals surface area contributed by atoms with Crippen LogP contribution in [0.25, 0.3) is 10.2 Å². The average Bonchev–Trinajstić information content (AvgIpc) is 3.38. The number of carbonyl (C=O) groups is 1. The second-order valence-corrected chi connectivity index (χ2v) is 10.8. The van der Waals surface area contributed by atoms with Crippen molar-refractivity contribution in [2.75, 3.05) is 23.7 Å². The summed E-state index contributed by atoms with van der Waals surface area (Å²) in [5, 5.41) is 6.89. The van der Waals surface area contributed by atoms with Gasteiger partial charge in [-0.05, 0) is 57.4 Å². The molecule has 164 valence electrons. The van der Waals surface area contributed by atoms with Crippen molar-refractivity contribution in [2.45, 2.75) is 44.6 Å². The van der Waals surface area contributed by atoms with Gasteiger partial charge in [-0.15, -0.1) is 11.3 Å². The Kier molecular flexibility index (Phi) is 5.96. The number of thiophene rings is 1. The number of amides is 1. The molecule has 1 aliphatic rings. The molecule has 0 saturated carbocycles. The Morgan fingerprint density at radius 1 is 1.19 bits per heavy atom. The molecule has 2 N–H and O–H groups in total. The Morgan fingerprint density at radius 3 is 2.68 bits per heavy atom. The van der Waals surface area contributed by atoms with Gasteiger partial charge in [-0.1, -0.05) is 6.07 Å². The van der Waals surface area contributed by atoms with Gasteiger partial charge in [-0.25, -0.2) is 18.4 Å². The predicted molar refractivity (Wildman–Crippen MR) is 123 cm³/mol. The standard InChI is InChI=1S/C21H25N5O3S2/c1-13-15(3)30-21-18(13)19(22-12-23-21)24-14(2)20(27)25-16-7-6-8-17(11-16)31(28,29)26-9-4-5-10-26/h6-8,11-12,14H,4-5,9-10H2,1-3H3,(H,25,27)(H,22,23,24)/t14-/m1/s1. The highest BCUT2D eigenvalue weighted by Crippen LogP contribution is 2.32. The lowest BCUT2D eigenvalue weighted by Crippen LogP contribution is -2.32. The minimum Gasteiger partial charge on any atom is -0.358 e. The molecule has 4 rings (SSSR count). The second-order valence-electron chi connectivity index (χ2n) is 7.68. The van der Waals surface area contributed by atoms with Crippen LogP contribution in [0.5, 0.6) is 0 Å². The summed E-state index contributed by atoms with van der Waals surface area (Å²) in [5.74, 6) is 0.326. The van der Waals surface area contributed by atoms with Gasteiger partial charge in [0.05, 0.1) is 10.3 Å². The van der Waals surface area contributed by atoms with Crippen LogP contribution in [-0.4, -0.2) is 47.7 Å². The van der Waals surface area contributed by atoms with Crippen LogP contribution in [0.4, 0.5) is 11.5 Å². The fourth-order valence-electron chi connectivity index (χ4n) is 3.62. The molecule has 1 aliphatic heterocycles. The van der Waals surface area contributed by atoms with E-state index in [9.17, 15) is 13.2 Å². The van der Waals surface area contributed by atoms with E-state index in [0.29, 0.717) is 24.6 Å². The van der Waals surface area contributed by atoms with E-state index in [0.717, 1.165) is 33.5 Å². The van der Waals surface area contributed by atoms with Crippen LogP contribution in [0.15, 0.2) is 35.5 Å². The summed E-state index contributed by atoms with van der Waals surface area (Å²) in [6.07, 6.45) is 3.23. The summed E-state index contributed by atoms with van der Waals surface area (Å²) in [6.45, 7) is 6.86. The normalized spacial score (nSPS) is 15.8. The summed E-state index contributed by atoms with van der Waals surface area (Å²) in [4.78, 5) is 23.6. The van der Waals surface area contributed by atoms with Gasteiger partial charge in [0.25, 0.3) is 0 Å². The molecule has 0 aliphatic carbocycles. The van der Waals surface area contributed by atoms with Crippen LogP contribution < -0.4 is 10.6 Å². The number of carbonyl (C=O) groups excluding carboxylic acids is 1. The molecule has 10 heteroatoms. The molecular weight excluding hydrogens is 434 g/mol. The molecule has 3 aromatic rings. The van der Waals surface area contributed by atoms with Crippen molar-refractivity contribution in [1.29, 1.82) is 0 Å². The summed E-state index contributed by atoms with van der Waals surface area (Å²) in [6, 6.07) is 5.81. The molecule has 0 spiro atoms. The number of hydrogen-bond donors (Lipinski definition) is 2. The van der Waals surface area contributed by atoms with Gasteiger partial charge in [0.1, 0.15) is 23.0 Å². The van der Waals surface area contributed by atoms with Gasteiger partial charge in [-0.3, -0.25) is 4.79 Å². The molecule has 0 radical (unpaired) electrons. The number of benzene rings is 1. The predicted octanol–water partition coefficient (Wildman–Crippen LogP) is 3.53. The number of hydrogen-bond acceptors (Lipinski definition) is 7. The quantitative estimate of drug-likeness (QED) is 0.584. The van der Waals surface area contributed by atoms with Crippen molar-refractivity contribution in [1.82, 2.24) is 14.3 Å². The van der Waals surface area contributed by atoms with E-state index in [1.165, 1.54) is 16.7 Å². The summed E-state index contributed by atoms with van der Waals surface area (Å²) < 4.78 is 27.1. The Hall–Kier alpha value is -2.56. The number of aryl methyl sites for hydroxylation is 2. The molecule has 1 amide bonds.